The van der Waals surface area contributed by atoms with Crippen LogP contribution < -0.4 is 11.1 Å². The van der Waals surface area contributed by atoms with Crippen LogP contribution in [0.2, 0.25) is 5.02 Å². The van der Waals surface area contributed by atoms with E-state index >= 15 is 0 Å². The van der Waals surface area contributed by atoms with Crippen LogP contribution in [0.4, 0.5) is 0 Å². The fourth-order valence-electron chi connectivity index (χ4n) is 1.43. The Bertz CT molecular complexity index is 474. The van der Waals surface area contributed by atoms with Gasteiger partial charge in [0.15, 0.2) is 0 Å². The molecule has 1 aromatic carbocycles. The van der Waals surface area contributed by atoms with E-state index in [9.17, 15) is 4.79 Å². The summed E-state index contributed by atoms with van der Waals surface area (Å²) in [5.41, 5.74) is 6.79. The van der Waals surface area contributed by atoms with Crippen LogP contribution >= 0.6 is 11.6 Å². The number of amides is 1. The van der Waals surface area contributed by atoms with E-state index in [-0.39, 0.29) is 17.7 Å². The Morgan fingerprint density at radius 2 is 2.28 bits per heavy atom. The minimum absolute atomic E-state index is 0.0862. The van der Waals surface area contributed by atoms with Crippen molar-refractivity contribution in [3.05, 3.63) is 34.3 Å². The maximum absolute atomic E-state index is 11.9. The highest BCUT2D eigenvalue weighted by Crippen LogP contribution is 2.15. The summed E-state index contributed by atoms with van der Waals surface area (Å²) in [4.78, 5) is 11.9. The highest BCUT2D eigenvalue weighted by Gasteiger charge is 2.12. The Hall–Kier alpha value is -1.75. The third kappa shape index (κ3) is 3.63. The smallest absolute Gasteiger partial charge is 0.251 e. The fourth-order valence-corrected chi connectivity index (χ4v) is 1.65. The molecule has 0 aliphatic rings. The van der Waals surface area contributed by atoms with Crippen molar-refractivity contribution < 1.29 is 10.0 Å². The van der Waals surface area contributed by atoms with Crippen LogP contribution in [0.5, 0.6) is 0 Å². The molecular weight excluding hydrogens is 254 g/mol. The van der Waals surface area contributed by atoms with Gasteiger partial charge >= 0.3 is 0 Å². The van der Waals surface area contributed by atoms with Crippen molar-refractivity contribution in [2.45, 2.75) is 13.8 Å². The third-order valence-corrected chi connectivity index (χ3v) is 2.86. The van der Waals surface area contributed by atoms with Crippen LogP contribution in [0.25, 0.3) is 0 Å². The fraction of sp³-hybridized carbons (Fsp3) is 0.333. The van der Waals surface area contributed by atoms with Crippen molar-refractivity contribution in [2.75, 3.05) is 6.54 Å². The van der Waals surface area contributed by atoms with Gasteiger partial charge in [-0.15, -0.1) is 0 Å². The molecule has 0 fully saturated rings. The lowest BCUT2D eigenvalue weighted by Crippen LogP contribution is -2.34. The molecular formula is C12H16ClN3O2. The van der Waals surface area contributed by atoms with Gasteiger partial charge < -0.3 is 16.3 Å². The number of oxime groups is 1. The van der Waals surface area contributed by atoms with Gasteiger partial charge in [-0.2, -0.15) is 0 Å². The second-order valence-electron chi connectivity index (χ2n) is 4.10. The molecule has 1 amide bonds. The summed E-state index contributed by atoms with van der Waals surface area (Å²) in [5.74, 6) is -0.351. The van der Waals surface area contributed by atoms with Gasteiger partial charge in [-0.05, 0) is 30.7 Å². The van der Waals surface area contributed by atoms with Gasteiger partial charge in [0.05, 0.1) is 0 Å². The van der Waals surface area contributed by atoms with Crippen LogP contribution in [0.1, 0.15) is 22.8 Å². The molecule has 0 saturated heterocycles. The molecule has 0 heterocycles. The highest BCUT2D eigenvalue weighted by atomic mass is 35.5. The lowest BCUT2D eigenvalue weighted by atomic mass is 10.1. The number of hydrogen-bond donors (Lipinski definition) is 3. The summed E-state index contributed by atoms with van der Waals surface area (Å²) in [5, 5.41) is 14.7. The predicted octanol–water partition coefficient (Wildman–Crippen LogP) is 1.76. The van der Waals surface area contributed by atoms with Gasteiger partial charge in [0, 0.05) is 23.0 Å². The van der Waals surface area contributed by atoms with E-state index in [1.54, 1.807) is 25.1 Å². The maximum atomic E-state index is 11.9. The molecule has 0 radical (unpaired) electrons. The zero-order valence-corrected chi connectivity index (χ0v) is 11.0. The van der Waals surface area contributed by atoms with E-state index < -0.39 is 0 Å². The zero-order chi connectivity index (χ0) is 13.7. The summed E-state index contributed by atoms with van der Waals surface area (Å²) in [6.45, 7) is 3.87. The summed E-state index contributed by atoms with van der Waals surface area (Å²) in [6.07, 6.45) is 0. The van der Waals surface area contributed by atoms with Crippen LogP contribution in [0, 0.1) is 12.8 Å². The van der Waals surface area contributed by atoms with Crippen molar-refractivity contribution in [1.82, 2.24) is 5.32 Å². The van der Waals surface area contributed by atoms with Crippen molar-refractivity contribution in [3.63, 3.8) is 0 Å². The predicted molar refractivity (Wildman–Crippen MR) is 71.1 cm³/mol. The molecule has 6 heteroatoms. The Kier molecular flexibility index (Phi) is 4.97. The molecule has 0 aliphatic heterocycles. The van der Waals surface area contributed by atoms with Gasteiger partial charge in [-0.1, -0.05) is 23.7 Å². The number of halogens is 1. The first kappa shape index (κ1) is 14.3. The molecule has 0 bridgehead atoms. The van der Waals surface area contributed by atoms with Crippen molar-refractivity contribution in [1.29, 1.82) is 0 Å². The van der Waals surface area contributed by atoms with Crippen molar-refractivity contribution in [3.8, 4) is 0 Å². The summed E-state index contributed by atoms with van der Waals surface area (Å²) >= 11 is 5.82. The number of carbonyl (C=O) groups is 1. The molecule has 0 aliphatic carbocycles. The van der Waals surface area contributed by atoms with E-state index in [0.29, 0.717) is 17.1 Å². The van der Waals surface area contributed by atoms with E-state index in [1.165, 1.54) is 0 Å². The second kappa shape index (κ2) is 6.26. The van der Waals surface area contributed by atoms with Crippen molar-refractivity contribution in [2.24, 2.45) is 16.8 Å². The van der Waals surface area contributed by atoms with Gasteiger partial charge in [0.25, 0.3) is 5.91 Å². The highest BCUT2D eigenvalue weighted by molar-refractivity contribution is 6.30. The molecule has 4 N–H and O–H groups in total. The van der Waals surface area contributed by atoms with Crippen LogP contribution in [0.3, 0.4) is 0 Å². The molecule has 5 nitrogen and oxygen atoms in total. The molecule has 98 valence electrons. The number of benzene rings is 1. The second-order valence-corrected chi connectivity index (χ2v) is 4.53. The van der Waals surface area contributed by atoms with E-state index in [0.717, 1.165) is 5.56 Å². The number of amidine groups is 1. The number of nitrogens with one attached hydrogen (secondary N) is 1. The number of rotatable bonds is 4. The quantitative estimate of drug-likeness (QED) is 0.337. The number of nitrogens with zero attached hydrogens (tertiary/aromatic N) is 1. The lowest BCUT2D eigenvalue weighted by molar-refractivity contribution is 0.0950. The molecule has 1 aromatic rings. The monoisotopic (exact) mass is 269 g/mol. The maximum Gasteiger partial charge on any atom is 0.251 e. The van der Waals surface area contributed by atoms with E-state index in [1.807, 2.05) is 6.92 Å². The van der Waals surface area contributed by atoms with E-state index in [2.05, 4.69) is 10.5 Å². The number of hydrogen-bond acceptors (Lipinski definition) is 3. The topological polar surface area (TPSA) is 87.7 Å². The molecule has 18 heavy (non-hydrogen) atoms. The zero-order valence-electron chi connectivity index (χ0n) is 10.3. The summed E-state index contributed by atoms with van der Waals surface area (Å²) < 4.78 is 0. The largest absolute Gasteiger partial charge is 0.409 e. The normalized spacial score (nSPS) is 13.2. The average Bonchev–Trinajstić information content (AvgIpc) is 2.34. The number of nitrogens with two attached hydrogens (primary N) is 1. The Morgan fingerprint density at radius 3 is 2.83 bits per heavy atom. The third-order valence-electron chi connectivity index (χ3n) is 2.62. The van der Waals surface area contributed by atoms with Gasteiger partial charge in [-0.3, -0.25) is 4.79 Å². The average molecular weight is 270 g/mol. The lowest BCUT2D eigenvalue weighted by Gasteiger charge is -2.12. The van der Waals surface area contributed by atoms with E-state index in [4.69, 9.17) is 22.5 Å². The SMILES string of the molecule is Cc1cc(Cl)ccc1C(=O)NCC(C)/C(N)=N/O. The summed E-state index contributed by atoms with van der Waals surface area (Å²) in [6, 6.07) is 5.06. The first-order valence-electron chi connectivity index (χ1n) is 5.47. The molecule has 0 spiro atoms. The van der Waals surface area contributed by atoms with Gasteiger partial charge in [-0.25, -0.2) is 0 Å². The van der Waals surface area contributed by atoms with Gasteiger partial charge in [0.1, 0.15) is 5.84 Å². The minimum Gasteiger partial charge on any atom is -0.409 e. The number of carbonyl (C=O) groups excluding carboxylic acids is 1. The van der Waals surface area contributed by atoms with Crippen LogP contribution in [-0.4, -0.2) is 23.5 Å². The van der Waals surface area contributed by atoms with Crippen molar-refractivity contribution >= 4 is 23.3 Å². The number of aryl methyl sites for hydroxylation is 1. The molecule has 1 rings (SSSR count). The Morgan fingerprint density at radius 1 is 1.61 bits per heavy atom. The van der Waals surface area contributed by atoms with Crippen LogP contribution in [0.15, 0.2) is 23.4 Å². The molecule has 1 atom stereocenters. The Labute approximate surface area is 111 Å². The first-order chi connectivity index (χ1) is 8.45. The van der Waals surface area contributed by atoms with Crippen LogP contribution in [-0.2, 0) is 0 Å². The summed E-state index contributed by atoms with van der Waals surface area (Å²) in [7, 11) is 0. The Balaban J connectivity index is 2.66. The molecule has 0 aromatic heterocycles. The first-order valence-corrected chi connectivity index (χ1v) is 5.85. The van der Waals surface area contributed by atoms with Gasteiger partial charge in [0.2, 0.25) is 0 Å². The molecule has 1 unspecified atom stereocenters. The minimum atomic E-state index is -0.230. The standard InChI is InChI=1S/C12H16ClN3O2/c1-7-5-9(13)3-4-10(7)12(17)15-6-8(2)11(14)16-18/h3-5,8,18H,6H2,1-2H3,(H2,14,16)(H,15,17). The molecule has 0 saturated carbocycles.